The molecular formula is C26H22N8O. The number of aromatic nitrogens is 5. The van der Waals surface area contributed by atoms with E-state index < -0.39 is 0 Å². The first-order valence-corrected chi connectivity index (χ1v) is 11.1. The maximum atomic E-state index is 9.73. The van der Waals surface area contributed by atoms with Gasteiger partial charge in [-0.1, -0.05) is 48.5 Å². The van der Waals surface area contributed by atoms with Gasteiger partial charge in [0.1, 0.15) is 0 Å². The van der Waals surface area contributed by atoms with Crippen molar-refractivity contribution in [1.82, 2.24) is 29.9 Å². The van der Waals surface area contributed by atoms with Gasteiger partial charge in [-0.2, -0.15) is 9.78 Å². The van der Waals surface area contributed by atoms with Gasteiger partial charge in [-0.15, -0.1) is 5.10 Å². The van der Waals surface area contributed by atoms with Gasteiger partial charge >= 0.3 is 0 Å². The van der Waals surface area contributed by atoms with Crippen molar-refractivity contribution in [1.29, 1.82) is 5.26 Å². The largest absolute Gasteiger partial charge is 0.395 e. The van der Waals surface area contributed by atoms with Crippen LogP contribution in [0.4, 0.5) is 5.95 Å². The van der Waals surface area contributed by atoms with Crippen molar-refractivity contribution in [3.8, 4) is 28.5 Å². The number of aliphatic hydroxyl groups excluding tert-OH is 1. The first kappa shape index (κ1) is 22.2. The summed E-state index contributed by atoms with van der Waals surface area (Å²) in [5.74, 6) is 0.632. The van der Waals surface area contributed by atoms with E-state index in [0.29, 0.717) is 40.4 Å². The number of nitrogens with one attached hydrogen (secondary N) is 1. The minimum absolute atomic E-state index is 0.0300. The quantitative estimate of drug-likeness (QED) is 0.336. The van der Waals surface area contributed by atoms with Crippen molar-refractivity contribution in [3.63, 3.8) is 0 Å². The Kier molecular flexibility index (Phi) is 6.13. The predicted octanol–water partition coefficient (Wildman–Crippen LogP) is 2.98. The minimum Gasteiger partial charge on any atom is -0.395 e. The Morgan fingerprint density at radius 3 is 2.49 bits per heavy atom. The molecule has 0 fully saturated rings. The summed E-state index contributed by atoms with van der Waals surface area (Å²) in [7, 11) is 0. The number of aliphatic hydroxyl groups is 1. The molecule has 3 heterocycles. The maximum absolute atomic E-state index is 9.73. The number of nitrogens with two attached hydrogens (primary N) is 1. The SMILES string of the molecule is N#Cc1ccccc1-c1nc(N)n2nc(C(NCCO)c3ccccc3)nc2c1-c1ccncc1. The summed E-state index contributed by atoms with van der Waals surface area (Å²) in [6.07, 6.45) is 3.38. The lowest BCUT2D eigenvalue weighted by Crippen LogP contribution is -2.26. The fourth-order valence-corrected chi connectivity index (χ4v) is 4.07. The van der Waals surface area contributed by atoms with E-state index in [1.54, 1.807) is 18.5 Å². The molecule has 0 radical (unpaired) electrons. The summed E-state index contributed by atoms with van der Waals surface area (Å²) in [5.41, 5.74) is 11.0. The molecule has 172 valence electrons. The highest BCUT2D eigenvalue weighted by Crippen LogP contribution is 2.36. The number of nitrogen functional groups attached to an aromatic ring is 1. The van der Waals surface area contributed by atoms with Crippen LogP contribution in [0.5, 0.6) is 0 Å². The molecule has 9 nitrogen and oxygen atoms in total. The fraction of sp³-hybridized carbons (Fsp3) is 0.115. The zero-order valence-electron chi connectivity index (χ0n) is 18.7. The molecule has 0 saturated carbocycles. The average molecular weight is 463 g/mol. The lowest BCUT2D eigenvalue weighted by atomic mass is 9.97. The monoisotopic (exact) mass is 462 g/mol. The zero-order chi connectivity index (χ0) is 24.2. The van der Waals surface area contributed by atoms with Crippen LogP contribution < -0.4 is 11.1 Å². The molecule has 5 rings (SSSR count). The highest BCUT2D eigenvalue weighted by Gasteiger charge is 2.25. The van der Waals surface area contributed by atoms with Crippen molar-refractivity contribution in [2.45, 2.75) is 6.04 Å². The van der Waals surface area contributed by atoms with Gasteiger partial charge in [0, 0.05) is 24.5 Å². The molecule has 0 amide bonds. The normalized spacial score (nSPS) is 11.9. The summed E-state index contributed by atoms with van der Waals surface area (Å²) >= 11 is 0. The molecule has 3 aromatic heterocycles. The Balaban J connectivity index is 1.79. The first-order valence-electron chi connectivity index (χ1n) is 11.1. The molecule has 0 aliphatic heterocycles. The van der Waals surface area contributed by atoms with Gasteiger partial charge in [0.2, 0.25) is 5.95 Å². The number of fused-ring (bicyclic) bond motifs is 1. The topological polar surface area (TPSA) is 138 Å². The molecule has 9 heteroatoms. The van der Waals surface area contributed by atoms with Gasteiger partial charge < -0.3 is 16.2 Å². The van der Waals surface area contributed by atoms with Crippen LogP contribution in [0.25, 0.3) is 28.0 Å². The van der Waals surface area contributed by atoms with Crippen molar-refractivity contribution in [3.05, 3.63) is 96.1 Å². The molecule has 5 aromatic rings. The Morgan fingerprint density at radius 2 is 1.74 bits per heavy atom. The highest BCUT2D eigenvalue weighted by molar-refractivity contribution is 5.92. The van der Waals surface area contributed by atoms with Crippen LogP contribution in [0.3, 0.4) is 0 Å². The second-order valence-electron chi connectivity index (χ2n) is 7.81. The van der Waals surface area contributed by atoms with E-state index in [0.717, 1.165) is 11.1 Å². The first-order chi connectivity index (χ1) is 17.2. The van der Waals surface area contributed by atoms with Crippen molar-refractivity contribution < 1.29 is 5.11 Å². The van der Waals surface area contributed by atoms with Crippen LogP contribution >= 0.6 is 0 Å². The fourth-order valence-electron chi connectivity index (χ4n) is 4.07. The second-order valence-corrected chi connectivity index (χ2v) is 7.81. The number of nitrogens with zero attached hydrogens (tertiary/aromatic N) is 6. The number of anilines is 1. The number of rotatable bonds is 7. The van der Waals surface area contributed by atoms with Crippen molar-refractivity contribution in [2.75, 3.05) is 18.9 Å². The minimum atomic E-state index is -0.372. The average Bonchev–Trinajstić information content (AvgIpc) is 3.35. The Morgan fingerprint density at radius 1 is 1.00 bits per heavy atom. The number of benzene rings is 2. The highest BCUT2D eigenvalue weighted by atomic mass is 16.3. The summed E-state index contributed by atoms with van der Waals surface area (Å²) in [6.45, 7) is 0.332. The summed E-state index contributed by atoms with van der Waals surface area (Å²) in [4.78, 5) is 13.7. The van der Waals surface area contributed by atoms with E-state index >= 15 is 0 Å². The molecule has 0 bridgehead atoms. The third-order valence-electron chi connectivity index (χ3n) is 5.65. The number of pyridine rings is 1. The van der Waals surface area contributed by atoms with Gasteiger partial charge in [0.15, 0.2) is 11.5 Å². The number of hydrogen-bond acceptors (Lipinski definition) is 8. The maximum Gasteiger partial charge on any atom is 0.223 e. The number of nitriles is 1. The van der Waals surface area contributed by atoms with E-state index in [9.17, 15) is 10.4 Å². The van der Waals surface area contributed by atoms with E-state index in [4.69, 9.17) is 15.8 Å². The summed E-state index contributed by atoms with van der Waals surface area (Å²) in [5, 5.41) is 27.2. The third-order valence-corrected chi connectivity index (χ3v) is 5.65. The summed E-state index contributed by atoms with van der Waals surface area (Å²) in [6, 6.07) is 22.6. The van der Waals surface area contributed by atoms with Crippen LogP contribution in [0.1, 0.15) is 23.0 Å². The van der Waals surface area contributed by atoms with Gasteiger partial charge in [-0.3, -0.25) is 4.98 Å². The van der Waals surface area contributed by atoms with Crippen LogP contribution in [0, 0.1) is 11.3 Å². The predicted molar refractivity (Wildman–Crippen MR) is 132 cm³/mol. The lowest BCUT2D eigenvalue weighted by molar-refractivity contribution is 0.287. The molecule has 2 aromatic carbocycles. The van der Waals surface area contributed by atoms with Crippen LogP contribution in [0.2, 0.25) is 0 Å². The standard InChI is InChI=1S/C26H22N8O/c27-16-19-8-4-5-9-20(19)23-21(17-10-12-29-13-11-17)25-32-24(33-34(25)26(28)31-23)22(30-14-15-35)18-6-2-1-3-7-18/h1-13,22,30,35H,14-15H2,(H2,28,31). The van der Waals surface area contributed by atoms with E-state index in [1.165, 1.54) is 4.52 Å². The molecule has 0 spiro atoms. The Bertz CT molecular complexity index is 1510. The molecule has 0 aliphatic rings. The molecule has 4 N–H and O–H groups in total. The molecule has 35 heavy (non-hydrogen) atoms. The molecular weight excluding hydrogens is 440 g/mol. The zero-order valence-corrected chi connectivity index (χ0v) is 18.7. The van der Waals surface area contributed by atoms with Gasteiger partial charge in [-0.05, 0) is 29.3 Å². The Labute approximate surface area is 201 Å². The summed E-state index contributed by atoms with van der Waals surface area (Å²) < 4.78 is 1.51. The van der Waals surface area contributed by atoms with Crippen molar-refractivity contribution >= 4 is 11.6 Å². The third kappa shape index (κ3) is 4.19. The van der Waals surface area contributed by atoms with Gasteiger partial charge in [0.05, 0.1) is 35.5 Å². The second kappa shape index (κ2) is 9.69. The van der Waals surface area contributed by atoms with E-state index in [-0.39, 0.29) is 18.6 Å². The van der Waals surface area contributed by atoms with E-state index in [1.807, 2.05) is 60.7 Å². The molecule has 0 aliphatic carbocycles. The van der Waals surface area contributed by atoms with Gasteiger partial charge in [-0.25, -0.2) is 9.97 Å². The molecule has 0 saturated heterocycles. The molecule has 1 atom stereocenters. The lowest BCUT2D eigenvalue weighted by Gasteiger charge is -2.15. The van der Waals surface area contributed by atoms with Gasteiger partial charge in [0.25, 0.3) is 0 Å². The number of hydrogen-bond donors (Lipinski definition) is 3. The van der Waals surface area contributed by atoms with E-state index in [2.05, 4.69) is 21.4 Å². The molecule has 1 unspecified atom stereocenters. The Hall–Kier alpha value is -4.65. The van der Waals surface area contributed by atoms with Crippen LogP contribution in [-0.2, 0) is 0 Å². The van der Waals surface area contributed by atoms with Crippen LogP contribution in [0.15, 0.2) is 79.1 Å². The van der Waals surface area contributed by atoms with Crippen LogP contribution in [-0.4, -0.2) is 42.8 Å². The smallest absolute Gasteiger partial charge is 0.223 e. The van der Waals surface area contributed by atoms with Crippen molar-refractivity contribution in [2.24, 2.45) is 0 Å².